The molecule has 1 fully saturated rings. The van der Waals surface area contributed by atoms with E-state index in [1.165, 1.54) is 18.1 Å². The largest absolute Gasteiger partial charge is 0.478 e. The lowest BCUT2D eigenvalue weighted by molar-refractivity contribution is -0.131. The van der Waals surface area contributed by atoms with Crippen molar-refractivity contribution in [2.24, 2.45) is 22.7 Å². The molecule has 1 saturated carbocycles. The highest BCUT2D eigenvalue weighted by Gasteiger charge is 2.54. The van der Waals surface area contributed by atoms with Gasteiger partial charge in [-0.1, -0.05) is 31.9 Å². The van der Waals surface area contributed by atoms with Gasteiger partial charge in [0.25, 0.3) is 0 Å². The molecule has 128 valence electrons. The fourth-order valence-corrected chi connectivity index (χ4v) is 4.86. The van der Waals surface area contributed by atoms with Gasteiger partial charge in [0.1, 0.15) is 0 Å². The van der Waals surface area contributed by atoms with Gasteiger partial charge in [0.15, 0.2) is 5.78 Å². The van der Waals surface area contributed by atoms with Crippen LogP contribution in [0.1, 0.15) is 66.7 Å². The summed E-state index contributed by atoms with van der Waals surface area (Å²) in [4.78, 5) is 23.0. The van der Waals surface area contributed by atoms with E-state index in [-0.39, 0.29) is 16.6 Å². The van der Waals surface area contributed by atoms with Crippen LogP contribution < -0.4 is 0 Å². The number of carbonyl (C=O) groups excluding carboxylic acids is 1. The average molecular weight is 318 g/mol. The number of fused-ring (bicyclic) bond motifs is 1. The molecule has 3 nitrogen and oxygen atoms in total. The van der Waals surface area contributed by atoms with Gasteiger partial charge in [-0.15, -0.1) is 0 Å². The molecule has 2 rings (SSSR count). The number of aliphatic carboxylic acids is 1. The van der Waals surface area contributed by atoms with Gasteiger partial charge in [-0.05, 0) is 68.3 Å². The van der Waals surface area contributed by atoms with Gasteiger partial charge in [-0.2, -0.15) is 0 Å². The first-order valence-corrected chi connectivity index (χ1v) is 8.71. The SMILES string of the molecule is CC1=CC(=O)CC2C1(C)CCC(C)C2(C)CC/C(C)=C\C(=O)O. The van der Waals surface area contributed by atoms with Crippen LogP contribution in [0.15, 0.2) is 23.3 Å². The maximum absolute atomic E-state index is 12.2. The van der Waals surface area contributed by atoms with Crippen LogP contribution >= 0.6 is 0 Å². The molecular weight excluding hydrogens is 288 g/mol. The second-order valence-corrected chi connectivity index (χ2v) is 8.24. The van der Waals surface area contributed by atoms with Gasteiger partial charge in [0.2, 0.25) is 0 Å². The minimum Gasteiger partial charge on any atom is -0.478 e. The summed E-state index contributed by atoms with van der Waals surface area (Å²) in [6.07, 6.45) is 7.85. The number of hydrogen-bond acceptors (Lipinski definition) is 2. The van der Waals surface area contributed by atoms with E-state index >= 15 is 0 Å². The molecular formula is C20H30O3. The Morgan fingerprint density at radius 2 is 2.09 bits per heavy atom. The Hall–Kier alpha value is -1.38. The molecule has 0 saturated heterocycles. The number of ketones is 1. The number of carboxylic acids is 1. The van der Waals surface area contributed by atoms with Crippen LogP contribution in [0.4, 0.5) is 0 Å². The minimum atomic E-state index is -0.874. The summed E-state index contributed by atoms with van der Waals surface area (Å²) in [5, 5.41) is 8.91. The van der Waals surface area contributed by atoms with Crippen molar-refractivity contribution in [2.45, 2.75) is 66.7 Å². The zero-order chi connectivity index (χ0) is 17.4. The monoisotopic (exact) mass is 318 g/mol. The van der Waals surface area contributed by atoms with E-state index in [4.69, 9.17) is 5.11 Å². The number of allylic oxidation sites excluding steroid dienone is 3. The number of rotatable bonds is 4. The van der Waals surface area contributed by atoms with Crippen LogP contribution in [-0.2, 0) is 9.59 Å². The Kier molecular flexibility index (Phi) is 4.89. The fourth-order valence-electron chi connectivity index (χ4n) is 4.86. The topological polar surface area (TPSA) is 54.4 Å². The molecule has 3 heteroatoms. The van der Waals surface area contributed by atoms with E-state index in [0.29, 0.717) is 18.3 Å². The quantitative estimate of drug-likeness (QED) is 0.759. The van der Waals surface area contributed by atoms with Gasteiger partial charge < -0.3 is 5.11 Å². The summed E-state index contributed by atoms with van der Waals surface area (Å²) in [5.41, 5.74) is 2.33. The van der Waals surface area contributed by atoms with E-state index in [0.717, 1.165) is 24.8 Å². The predicted molar refractivity (Wildman–Crippen MR) is 92.1 cm³/mol. The Bertz CT molecular complexity index is 571. The third-order valence-corrected chi connectivity index (χ3v) is 6.90. The highest BCUT2D eigenvalue weighted by atomic mass is 16.4. The van der Waals surface area contributed by atoms with Crippen LogP contribution in [0.5, 0.6) is 0 Å². The molecule has 4 atom stereocenters. The molecule has 23 heavy (non-hydrogen) atoms. The van der Waals surface area contributed by atoms with Gasteiger partial charge in [0.05, 0.1) is 0 Å². The van der Waals surface area contributed by atoms with Crippen molar-refractivity contribution < 1.29 is 14.7 Å². The third-order valence-electron chi connectivity index (χ3n) is 6.90. The van der Waals surface area contributed by atoms with Crippen molar-refractivity contribution in [1.29, 1.82) is 0 Å². The Morgan fingerprint density at radius 3 is 2.70 bits per heavy atom. The van der Waals surface area contributed by atoms with E-state index in [1.54, 1.807) is 0 Å². The lowest BCUT2D eigenvalue weighted by atomic mass is 9.47. The molecule has 4 unspecified atom stereocenters. The van der Waals surface area contributed by atoms with Crippen LogP contribution in [-0.4, -0.2) is 16.9 Å². The maximum Gasteiger partial charge on any atom is 0.328 e. The zero-order valence-corrected chi connectivity index (χ0v) is 15.1. The average Bonchev–Trinajstić information content (AvgIpc) is 2.44. The first-order valence-electron chi connectivity index (χ1n) is 8.71. The minimum absolute atomic E-state index is 0.0752. The Morgan fingerprint density at radius 1 is 1.43 bits per heavy atom. The molecule has 0 aromatic heterocycles. The smallest absolute Gasteiger partial charge is 0.328 e. The summed E-state index contributed by atoms with van der Waals surface area (Å²) < 4.78 is 0. The molecule has 0 spiro atoms. The first kappa shape index (κ1) is 18.0. The second kappa shape index (κ2) is 6.26. The molecule has 0 heterocycles. The highest BCUT2D eigenvalue weighted by molar-refractivity contribution is 5.92. The van der Waals surface area contributed by atoms with Crippen molar-refractivity contribution in [1.82, 2.24) is 0 Å². The number of carboxylic acid groups (broad SMARTS) is 1. The molecule has 1 N–H and O–H groups in total. The Balaban J connectivity index is 2.29. The van der Waals surface area contributed by atoms with Gasteiger partial charge in [-0.25, -0.2) is 4.79 Å². The molecule has 2 aliphatic rings. The molecule has 0 aromatic rings. The highest BCUT2D eigenvalue weighted by Crippen LogP contribution is 2.61. The molecule has 0 bridgehead atoms. The summed E-state index contributed by atoms with van der Waals surface area (Å²) in [5.74, 6) is 0.287. The Labute approximate surface area is 139 Å². The first-order chi connectivity index (χ1) is 10.6. The van der Waals surface area contributed by atoms with Gasteiger partial charge in [-0.3, -0.25) is 4.79 Å². The van der Waals surface area contributed by atoms with Crippen molar-refractivity contribution in [3.8, 4) is 0 Å². The van der Waals surface area contributed by atoms with Crippen molar-refractivity contribution in [2.75, 3.05) is 0 Å². The predicted octanol–water partition coefficient (Wildman–Crippen LogP) is 4.78. The summed E-state index contributed by atoms with van der Waals surface area (Å²) >= 11 is 0. The number of carbonyl (C=O) groups is 2. The maximum atomic E-state index is 12.2. The van der Waals surface area contributed by atoms with Gasteiger partial charge >= 0.3 is 5.97 Å². The molecule has 0 radical (unpaired) electrons. The van der Waals surface area contributed by atoms with E-state index in [1.807, 2.05) is 13.0 Å². The van der Waals surface area contributed by atoms with E-state index in [2.05, 4.69) is 27.7 Å². The lowest BCUT2D eigenvalue weighted by Gasteiger charge is -2.57. The zero-order valence-electron chi connectivity index (χ0n) is 15.1. The fraction of sp³-hybridized carbons (Fsp3) is 0.700. The summed E-state index contributed by atoms with van der Waals surface area (Å²) in [6, 6.07) is 0. The van der Waals surface area contributed by atoms with E-state index < -0.39 is 5.97 Å². The third kappa shape index (κ3) is 3.29. The van der Waals surface area contributed by atoms with Crippen molar-refractivity contribution in [3.05, 3.63) is 23.3 Å². The van der Waals surface area contributed by atoms with Crippen LogP contribution in [0, 0.1) is 22.7 Å². The van der Waals surface area contributed by atoms with Crippen molar-refractivity contribution in [3.63, 3.8) is 0 Å². The van der Waals surface area contributed by atoms with Crippen molar-refractivity contribution >= 4 is 11.8 Å². The normalized spacial score (nSPS) is 38.0. The second-order valence-electron chi connectivity index (χ2n) is 8.24. The standard InChI is InChI=1S/C20H30O3/c1-13(10-18(22)23)6-8-19(4)14(2)7-9-20(5)15(3)11-16(21)12-17(19)20/h10-11,14,17H,6-9,12H2,1-5H3,(H,22,23)/b13-10-. The summed E-state index contributed by atoms with van der Waals surface area (Å²) in [6.45, 7) is 10.9. The van der Waals surface area contributed by atoms with Crippen LogP contribution in [0.25, 0.3) is 0 Å². The number of hydrogen-bond donors (Lipinski definition) is 1. The van der Waals surface area contributed by atoms with Gasteiger partial charge in [0, 0.05) is 12.5 Å². The van der Waals surface area contributed by atoms with E-state index in [9.17, 15) is 9.59 Å². The molecule has 0 aliphatic heterocycles. The van der Waals surface area contributed by atoms with Crippen LogP contribution in [0.3, 0.4) is 0 Å². The lowest BCUT2D eigenvalue weighted by Crippen LogP contribution is -2.50. The van der Waals surface area contributed by atoms with Crippen LogP contribution in [0.2, 0.25) is 0 Å². The molecule has 2 aliphatic carbocycles. The molecule has 0 amide bonds. The molecule has 0 aromatic carbocycles. The summed E-state index contributed by atoms with van der Waals surface area (Å²) in [7, 11) is 0.